The number of nitrogens with one attached hydrogen (secondary N) is 1. The second-order valence-electron chi connectivity index (χ2n) is 4.54. The van der Waals surface area contributed by atoms with Crippen LogP contribution in [0.1, 0.15) is 26.3 Å². The second-order valence-corrected chi connectivity index (χ2v) is 4.98. The Hall–Kier alpha value is -0.870. The van der Waals surface area contributed by atoms with Gasteiger partial charge in [0.1, 0.15) is 5.75 Å². The first kappa shape index (κ1) is 15.2. The zero-order valence-corrected chi connectivity index (χ0v) is 11.5. The predicted molar refractivity (Wildman–Crippen MR) is 69.2 cm³/mol. The van der Waals surface area contributed by atoms with E-state index in [-0.39, 0.29) is 11.8 Å². The van der Waals surface area contributed by atoms with Gasteiger partial charge >= 0.3 is 6.61 Å². The van der Waals surface area contributed by atoms with Crippen LogP contribution < -0.4 is 10.1 Å². The third kappa shape index (κ3) is 4.78. The van der Waals surface area contributed by atoms with Gasteiger partial charge in [-0.05, 0) is 31.0 Å². The average Bonchev–Trinajstić information content (AvgIpc) is 2.28. The highest BCUT2D eigenvalue weighted by atomic mass is 35.5. The van der Waals surface area contributed by atoms with Gasteiger partial charge in [-0.1, -0.05) is 25.4 Å². The largest absolute Gasteiger partial charge is 0.434 e. The van der Waals surface area contributed by atoms with E-state index in [2.05, 4.69) is 23.9 Å². The monoisotopic (exact) mass is 277 g/mol. The van der Waals surface area contributed by atoms with E-state index in [1.807, 2.05) is 6.92 Å². The van der Waals surface area contributed by atoms with Crippen molar-refractivity contribution in [2.45, 2.75) is 40.0 Å². The zero-order valence-electron chi connectivity index (χ0n) is 10.7. The van der Waals surface area contributed by atoms with Gasteiger partial charge in [-0.2, -0.15) is 8.78 Å². The summed E-state index contributed by atoms with van der Waals surface area (Å²) >= 11 is 5.86. The normalized spacial score (nSPS) is 13.1. The van der Waals surface area contributed by atoms with Crippen LogP contribution in [0, 0.1) is 5.92 Å². The fourth-order valence-corrected chi connectivity index (χ4v) is 1.60. The number of ether oxygens (including phenoxy) is 1. The molecule has 1 aromatic rings. The molecule has 0 saturated heterocycles. The molecule has 1 aromatic carbocycles. The maximum atomic E-state index is 12.3. The third-order valence-corrected chi connectivity index (χ3v) is 3.09. The van der Waals surface area contributed by atoms with Gasteiger partial charge in [-0.3, -0.25) is 0 Å². The molecule has 2 nitrogen and oxygen atoms in total. The summed E-state index contributed by atoms with van der Waals surface area (Å²) in [6.45, 7) is 3.84. The van der Waals surface area contributed by atoms with Crippen LogP contribution in [0.25, 0.3) is 0 Å². The van der Waals surface area contributed by atoms with E-state index < -0.39 is 6.61 Å². The summed E-state index contributed by atoms with van der Waals surface area (Å²) in [7, 11) is 0. The van der Waals surface area contributed by atoms with Crippen molar-refractivity contribution < 1.29 is 13.5 Å². The Bertz CT molecular complexity index is 385. The van der Waals surface area contributed by atoms with Crippen LogP contribution in [0.15, 0.2) is 18.2 Å². The van der Waals surface area contributed by atoms with E-state index in [9.17, 15) is 8.78 Å². The van der Waals surface area contributed by atoms with Crippen molar-refractivity contribution in [1.29, 1.82) is 0 Å². The third-order valence-electron chi connectivity index (χ3n) is 2.85. The highest BCUT2D eigenvalue weighted by molar-refractivity contribution is 6.30. The lowest BCUT2D eigenvalue weighted by Gasteiger charge is -2.19. The first-order valence-corrected chi connectivity index (χ1v) is 6.24. The topological polar surface area (TPSA) is 21.3 Å². The fraction of sp³-hybridized carbons (Fsp3) is 0.538. The lowest BCUT2D eigenvalue weighted by atomic mass is 10.1. The quantitative estimate of drug-likeness (QED) is 0.846. The summed E-state index contributed by atoms with van der Waals surface area (Å²) in [6.07, 6.45) is 0. The molecule has 0 spiro atoms. The zero-order chi connectivity index (χ0) is 13.7. The minimum atomic E-state index is -2.83. The Labute approximate surface area is 111 Å². The molecule has 102 valence electrons. The van der Waals surface area contributed by atoms with E-state index in [1.165, 1.54) is 12.1 Å². The van der Waals surface area contributed by atoms with Gasteiger partial charge in [0, 0.05) is 23.2 Å². The van der Waals surface area contributed by atoms with Crippen molar-refractivity contribution in [3.05, 3.63) is 28.8 Å². The molecule has 0 aliphatic heterocycles. The molecule has 18 heavy (non-hydrogen) atoms. The Morgan fingerprint density at radius 1 is 1.28 bits per heavy atom. The van der Waals surface area contributed by atoms with Crippen molar-refractivity contribution in [2.75, 3.05) is 0 Å². The maximum absolute atomic E-state index is 12.3. The van der Waals surface area contributed by atoms with Crippen LogP contribution >= 0.6 is 11.6 Å². The molecule has 5 heteroatoms. The van der Waals surface area contributed by atoms with Crippen LogP contribution in [0.2, 0.25) is 5.02 Å². The molecular formula is C13H18ClF2NO. The summed E-state index contributed by atoms with van der Waals surface area (Å²) in [4.78, 5) is 0. The minimum Gasteiger partial charge on any atom is -0.434 e. The molecule has 1 unspecified atom stereocenters. The second kappa shape index (κ2) is 6.90. The predicted octanol–water partition coefficient (Wildman–Crippen LogP) is 4.08. The number of halogens is 3. The molecule has 0 fully saturated rings. The summed E-state index contributed by atoms with van der Waals surface area (Å²) in [5.74, 6) is 0.626. The lowest BCUT2D eigenvalue weighted by molar-refractivity contribution is -0.0505. The molecule has 0 aromatic heterocycles. The van der Waals surface area contributed by atoms with Crippen molar-refractivity contribution >= 4 is 11.6 Å². The van der Waals surface area contributed by atoms with Gasteiger partial charge in [-0.15, -0.1) is 0 Å². The lowest BCUT2D eigenvalue weighted by Crippen LogP contribution is -2.30. The van der Waals surface area contributed by atoms with Gasteiger partial charge in [0.15, 0.2) is 0 Å². The maximum Gasteiger partial charge on any atom is 0.387 e. The summed E-state index contributed by atoms with van der Waals surface area (Å²) < 4.78 is 29.0. The van der Waals surface area contributed by atoms with Gasteiger partial charge in [0.05, 0.1) is 0 Å². The van der Waals surface area contributed by atoms with Crippen LogP contribution in [-0.2, 0) is 6.54 Å². The van der Waals surface area contributed by atoms with Crippen LogP contribution in [-0.4, -0.2) is 12.7 Å². The number of hydrogen-bond donors (Lipinski definition) is 1. The molecule has 1 atom stereocenters. The molecule has 0 aliphatic rings. The van der Waals surface area contributed by atoms with Crippen LogP contribution in [0.3, 0.4) is 0 Å². The van der Waals surface area contributed by atoms with Crippen molar-refractivity contribution in [2.24, 2.45) is 5.92 Å². The Kier molecular flexibility index (Phi) is 5.82. The van der Waals surface area contributed by atoms with E-state index in [1.54, 1.807) is 6.07 Å². The van der Waals surface area contributed by atoms with Gasteiger partial charge in [0.2, 0.25) is 0 Å². The summed E-state index contributed by atoms with van der Waals surface area (Å²) in [5.41, 5.74) is 0.635. The Morgan fingerprint density at radius 3 is 2.50 bits per heavy atom. The molecule has 0 saturated carbocycles. The molecule has 0 aliphatic carbocycles. The first-order chi connectivity index (χ1) is 8.40. The SMILES string of the molecule is CC(C)C(C)NCc1cc(Cl)ccc1OC(F)F. The Morgan fingerprint density at radius 2 is 1.94 bits per heavy atom. The first-order valence-electron chi connectivity index (χ1n) is 5.86. The van der Waals surface area contributed by atoms with Crippen molar-refractivity contribution in [3.63, 3.8) is 0 Å². The fourth-order valence-electron chi connectivity index (χ4n) is 1.40. The number of hydrogen-bond acceptors (Lipinski definition) is 2. The molecule has 1 N–H and O–H groups in total. The summed E-state index contributed by atoms with van der Waals surface area (Å²) in [6, 6.07) is 4.92. The smallest absolute Gasteiger partial charge is 0.387 e. The highest BCUT2D eigenvalue weighted by Gasteiger charge is 2.12. The number of alkyl halides is 2. The van der Waals surface area contributed by atoms with Gasteiger partial charge in [0.25, 0.3) is 0 Å². The van der Waals surface area contributed by atoms with Crippen LogP contribution in [0.5, 0.6) is 5.75 Å². The van der Waals surface area contributed by atoms with Gasteiger partial charge < -0.3 is 10.1 Å². The highest BCUT2D eigenvalue weighted by Crippen LogP contribution is 2.24. The molecule has 1 rings (SSSR count). The Balaban J connectivity index is 2.75. The van der Waals surface area contributed by atoms with Gasteiger partial charge in [-0.25, -0.2) is 0 Å². The van der Waals surface area contributed by atoms with Crippen molar-refractivity contribution in [1.82, 2.24) is 5.32 Å². The van der Waals surface area contributed by atoms with E-state index in [4.69, 9.17) is 11.6 Å². The van der Waals surface area contributed by atoms with E-state index >= 15 is 0 Å². The van der Waals surface area contributed by atoms with Crippen molar-refractivity contribution in [3.8, 4) is 5.75 Å². The summed E-state index contributed by atoms with van der Waals surface area (Å²) in [5, 5.41) is 3.76. The average molecular weight is 278 g/mol. The molecular weight excluding hydrogens is 260 g/mol. The number of benzene rings is 1. The van der Waals surface area contributed by atoms with E-state index in [0.29, 0.717) is 23.0 Å². The van der Waals surface area contributed by atoms with E-state index in [0.717, 1.165) is 0 Å². The molecule has 0 radical (unpaired) electrons. The standard InChI is InChI=1S/C13H18ClF2NO/c1-8(2)9(3)17-7-10-6-11(14)4-5-12(10)18-13(15)16/h4-6,8-9,13,17H,7H2,1-3H3. The minimum absolute atomic E-state index is 0.165. The number of rotatable bonds is 6. The van der Waals surface area contributed by atoms with Crippen LogP contribution in [0.4, 0.5) is 8.78 Å². The molecule has 0 heterocycles. The molecule has 0 amide bonds. The molecule has 0 bridgehead atoms.